The van der Waals surface area contributed by atoms with Crippen LogP contribution in [0.4, 0.5) is 4.39 Å². The van der Waals surface area contributed by atoms with E-state index < -0.39 is 5.97 Å². The molecule has 1 saturated heterocycles. The van der Waals surface area contributed by atoms with E-state index in [4.69, 9.17) is 5.11 Å². The van der Waals surface area contributed by atoms with Gasteiger partial charge in [0.15, 0.2) is 0 Å². The van der Waals surface area contributed by atoms with Gasteiger partial charge in [-0.25, -0.2) is 4.39 Å². The normalized spacial score (nSPS) is 25.1. The van der Waals surface area contributed by atoms with Crippen LogP contribution in [0.3, 0.4) is 0 Å². The molecule has 1 fully saturated rings. The van der Waals surface area contributed by atoms with Crippen LogP contribution in [0, 0.1) is 11.7 Å². The van der Waals surface area contributed by atoms with Crippen LogP contribution in [-0.4, -0.2) is 28.6 Å². The monoisotopic (exact) mass is 237 g/mol. The molecule has 0 saturated carbocycles. The third kappa shape index (κ3) is 2.64. The lowest BCUT2D eigenvalue weighted by Gasteiger charge is -2.22. The number of carboxylic acids is 1. The van der Waals surface area contributed by atoms with Crippen molar-refractivity contribution in [2.45, 2.75) is 25.9 Å². The first kappa shape index (κ1) is 12.0. The number of carbonyl (C=O) groups is 1. The smallest absolute Gasteiger partial charge is 0.308 e. The van der Waals surface area contributed by atoms with Crippen LogP contribution < -0.4 is 0 Å². The van der Waals surface area contributed by atoms with Gasteiger partial charge < -0.3 is 5.11 Å². The van der Waals surface area contributed by atoms with Crippen LogP contribution in [0.5, 0.6) is 0 Å². The van der Waals surface area contributed by atoms with Gasteiger partial charge in [-0.3, -0.25) is 9.69 Å². The van der Waals surface area contributed by atoms with E-state index in [1.807, 2.05) is 13.0 Å². The Morgan fingerprint density at radius 1 is 1.59 bits per heavy atom. The van der Waals surface area contributed by atoms with Gasteiger partial charge in [0.1, 0.15) is 5.82 Å². The molecule has 1 heterocycles. The zero-order valence-corrected chi connectivity index (χ0v) is 9.77. The summed E-state index contributed by atoms with van der Waals surface area (Å²) in [6.07, 6.45) is 0.672. The summed E-state index contributed by atoms with van der Waals surface area (Å²) in [4.78, 5) is 13.1. The average molecular weight is 237 g/mol. The Morgan fingerprint density at radius 2 is 2.35 bits per heavy atom. The van der Waals surface area contributed by atoms with Crippen LogP contribution >= 0.6 is 0 Å². The molecule has 0 aliphatic carbocycles. The minimum Gasteiger partial charge on any atom is -0.481 e. The number of hydrogen-bond donors (Lipinski definition) is 1. The summed E-state index contributed by atoms with van der Waals surface area (Å²) in [5, 5.41) is 9.02. The van der Waals surface area contributed by atoms with Crippen molar-refractivity contribution < 1.29 is 14.3 Å². The highest BCUT2D eigenvalue weighted by Gasteiger charge is 2.35. The van der Waals surface area contributed by atoms with E-state index in [0.717, 1.165) is 12.1 Å². The Labute approximate surface area is 99.9 Å². The molecule has 0 aromatic heterocycles. The van der Waals surface area contributed by atoms with Gasteiger partial charge in [-0.1, -0.05) is 12.1 Å². The molecule has 0 amide bonds. The molecule has 2 atom stereocenters. The lowest BCUT2D eigenvalue weighted by molar-refractivity contribution is -0.142. The molecular weight excluding hydrogens is 221 g/mol. The topological polar surface area (TPSA) is 40.5 Å². The predicted molar refractivity (Wildman–Crippen MR) is 62.0 cm³/mol. The van der Waals surface area contributed by atoms with E-state index >= 15 is 0 Å². The van der Waals surface area contributed by atoms with Gasteiger partial charge in [-0.2, -0.15) is 0 Å². The molecule has 92 valence electrons. The highest BCUT2D eigenvalue weighted by atomic mass is 19.1. The number of halogens is 1. The first-order valence-electron chi connectivity index (χ1n) is 5.79. The van der Waals surface area contributed by atoms with Gasteiger partial charge in [0.05, 0.1) is 5.92 Å². The van der Waals surface area contributed by atoms with Crippen LogP contribution in [0.25, 0.3) is 0 Å². The number of benzene rings is 1. The molecule has 1 aromatic rings. The molecular formula is C13H16FNO2. The second-order valence-corrected chi connectivity index (χ2v) is 4.57. The summed E-state index contributed by atoms with van der Waals surface area (Å²) in [6.45, 7) is 3.29. The maximum Gasteiger partial charge on any atom is 0.308 e. The van der Waals surface area contributed by atoms with Gasteiger partial charge in [-0.05, 0) is 37.6 Å². The largest absolute Gasteiger partial charge is 0.481 e. The van der Waals surface area contributed by atoms with Crippen LogP contribution in [-0.2, 0) is 11.3 Å². The number of nitrogens with zero attached hydrogens (tertiary/aromatic N) is 1. The third-order valence-electron chi connectivity index (χ3n) is 3.48. The Morgan fingerprint density at radius 3 is 2.94 bits per heavy atom. The maximum atomic E-state index is 13.0. The van der Waals surface area contributed by atoms with E-state index in [2.05, 4.69) is 4.90 Å². The second-order valence-electron chi connectivity index (χ2n) is 4.57. The van der Waals surface area contributed by atoms with Crippen molar-refractivity contribution in [2.75, 3.05) is 6.54 Å². The zero-order valence-electron chi connectivity index (χ0n) is 9.77. The van der Waals surface area contributed by atoms with Crippen LogP contribution in [0.15, 0.2) is 24.3 Å². The van der Waals surface area contributed by atoms with Crippen molar-refractivity contribution in [1.82, 2.24) is 4.90 Å². The zero-order chi connectivity index (χ0) is 12.4. The SMILES string of the molecule is CC1C(C(=O)O)CCN1Cc1cccc(F)c1. The summed E-state index contributed by atoms with van der Waals surface area (Å²) in [5.41, 5.74) is 0.892. The molecule has 1 aliphatic rings. The first-order valence-corrected chi connectivity index (χ1v) is 5.79. The molecule has 0 radical (unpaired) electrons. The minimum absolute atomic E-state index is 0.00997. The van der Waals surface area contributed by atoms with Crippen molar-refractivity contribution in [3.05, 3.63) is 35.6 Å². The number of carboxylic acid groups (broad SMARTS) is 1. The van der Waals surface area contributed by atoms with Crippen molar-refractivity contribution in [3.8, 4) is 0 Å². The van der Waals surface area contributed by atoms with E-state index in [9.17, 15) is 9.18 Å². The lowest BCUT2D eigenvalue weighted by Crippen LogP contribution is -2.32. The van der Waals surface area contributed by atoms with E-state index in [-0.39, 0.29) is 17.8 Å². The van der Waals surface area contributed by atoms with Gasteiger partial charge >= 0.3 is 5.97 Å². The fraction of sp³-hybridized carbons (Fsp3) is 0.462. The Bertz CT molecular complexity index is 422. The second kappa shape index (κ2) is 4.84. The van der Waals surface area contributed by atoms with E-state index in [0.29, 0.717) is 13.0 Å². The first-order chi connectivity index (χ1) is 8.08. The highest BCUT2D eigenvalue weighted by Crippen LogP contribution is 2.26. The standard InChI is InChI=1S/C13H16FNO2/c1-9-12(13(16)17)5-6-15(9)8-10-3-2-4-11(14)7-10/h2-4,7,9,12H,5-6,8H2,1H3,(H,16,17). The Kier molecular flexibility index (Phi) is 3.43. The average Bonchev–Trinajstić information content (AvgIpc) is 2.61. The van der Waals surface area contributed by atoms with Gasteiger partial charge in [0, 0.05) is 12.6 Å². The Hall–Kier alpha value is -1.42. The highest BCUT2D eigenvalue weighted by molar-refractivity contribution is 5.71. The number of likely N-dealkylation sites (tertiary alicyclic amines) is 1. The molecule has 1 aromatic carbocycles. The summed E-state index contributed by atoms with van der Waals surface area (Å²) in [7, 11) is 0. The third-order valence-corrected chi connectivity index (χ3v) is 3.48. The predicted octanol–water partition coefficient (Wildman–Crippen LogP) is 2.12. The van der Waals surface area contributed by atoms with Crippen molar-refractivity contribution >= 4 is 5.97 Å². The summed E-state index contributed by atoms with van der Waals surface area (Å²) in [5.74, 6) is -1.29. The van der Waals surface area contributed by atoms with E-state index in [1.165, 1.54) is 12.1 Å². The summed E-state index contributed by atoms with van der Waals surface area (Å²) < 4.78 is 13.0. The van der Waals surface area contributed by atoms with Crippen molar-refractivity contribution in [3.63, 3.8) is 0 Å². The molecule has 0 bridgehead atoms. The minimum atomic E-state index is -0.737. The number of aliphatic carboxylic acids is 1. The summed E-state index contributed by atoms with van der Waals surface area (Å²) in [6, 6.07) is 6.47. The van der Waals surface area contributed by atoms with Crippen molar-refractivity contribution in [2.24, 2.45) is 5.92 Å². The number of rotatable bonds is 3. The molecule has 1 N–H and O–H groups in total. The molecule has 17 heavy (non-hydrogen) atoms. The molecule has 0 spiro atoms. The van der Waals surface area contributed by atoms with Crippen LogP contribution in [0.1, 0.15) is 18.9 Å². The molecule has 1 aliphatic heterocycles. The maximum absolute atomic E-state index is 13.0. The van der Waals surface area contributed by atoms with Gasteiger partial charge in [0.2, 0.25) is 0 Å². The Balaban J connectivity index is 2.03. The molecule has 2 unspecified atom stereocenters. The fourth-order valence-corrected chi connectivity index (χ4v) is 2.43. The van der Waals surface area contributed by atoms with Crippen molar-refractivity contribution in [1.29, 1.82) is 0 Å². The molecule has 2 rings (SSSR count). The van der Waals surface area contributed by atoms with Crippen LogP contribution in [0.2, 0.25) is 0 Å². The quantitative estimate of drug-likeness (QED) is 0.875. The summed E-state index contributed by atoms with van der Waals surface area (Å²) >= 11 is 0. The van der Waals surface area contributed by atoms with Gasteiger partial charge in [0.25, 0.3) is 0 Å². The van der Waals surface area contributed by atoms with Gasteiger partial charge in [-0.15, -0.1) is 0 Å². The molecule has 4 heteroatoms. The lowest BCUT2D eigenvalue weighted by atomic mass is 10.0. The van der Waals surface area contributed by atoms with E-state index in [1.54, 1.807) is 6.07 Å². The fourth-order valence-electron chi connectivity index (χ4n) is 2.43. The molecule has 3 nitrogen and oxygen atoms in total. The number of hydrogen-bond acceptors (Lipinski definition) is 2.